The number of hydrogen-bond acceptors (Lipinski definition) is 0. The molecular weight excluding hydrogens is 292 g/mol. The highest BCUT2D eigenvalue weighted by atomic mass is 79.9. The van der Waals surface area contributed by atoms with E-state index in [4.69, 9.17) is 0 Å². The number of aryl methyl sites for hydroxylation is 2. The van der Waals surface area contributed by atoms with Crippen molar-refractivity contribution in [1.82, 2.24) is 0 Å². The molecule has 13 heavy (non-hydrogen) atoms. The molecule has 0 aromatic heterocycles. The van der Waals surface area contributed by atoms with Crippen molar-refractivity contribution >= 4 is 31.9 Å². The lowest BCUT2D eigenvalue weighted by Gasteiger charge is -2.05. The van der Waals surface area contributed by atoms with Crippen molar-refractivity contribution in [2.45, 2.75) is 25.1 Å². The van der Waals surface area contributed by atoms with Gasteiger partial charge in [0.25, 0.3) is 0 Å². The van der Waals surface area contributed by atoms with Crippen LogP contribution < -0.4 is 0 Å². The van der Waals surface area contributed by atoms with Crippen LogP contribution in [0.5, 0.6) is 0 Å². The molecular formula is C11H14Br2. The van der Waals surface area contributed by atoms with E-state index in [0.717, 1.165) is 10.7 Å². The SMILES string of the molecule is Cc1cc(CCCBr)ccc1CBr. The normalized spacial score (nSPS) is 10.4. The van der Waals surface area contributed by atoms with Crippen LogP contribution >= 0.6 is 31.9 Å². The summed E-state index contributed by atoms with van der Waals surface area (Å²) in [5.41, 5.74) is 4.23. The molecule has 0 fully saturated rings. The third-order valence-electron chi connectivity index (χ3n) is 2.15. The molecule has 0 aliphatic carbocycles. The van der Waals surface area contributed by atoms with Crippen molar-refractivity contribution in [2.75, 3.05) is 5.33 Å². The standard InChI is InChI=1S/C11H14Br2/c1-9-7-10(3-2-6-12)4-5-11(9)8-13/h4-5,7H,2-3,6,8H2,1H3. The molecule has 0 spiro atoms. The van der Waals surface area contributed by atoms with E-state index >= 15 is 0 Å². The lowest BCUT2D eigenvalue weighted by molar-refractivity contribution is 0.936. The Morgan fingerprint density at radius 3 is 2.54 bits per heavy atom. The predicted octanol–water partition coefficient (Wildman–Crippen LogP) is 4.22. The van der Waals surface area contributed by atoms with Crippen molar-refractivity contribution in [2.24, 2.45) is 0 Å². The molecule has 1 aromatic rings. The third-order valence-corrected chi connectivity index (χ3v) is 3.31. The van der Waals surface area contributed by atoms with E-state index in [1.54, 1.807) is 0 Å². The van der Waals surface area contributed by atoms with Crippen molar-refractivity contribution < 1.29 is 0 Å². The maximum atomic E-state index is 3.48. The smallest absolute Gasteiger partial charge is 0.0285 e. The average Bonchev–Trinajstić information content (AvgIpc) is 2.15. The lowest BCUT2D eigenvalue weighted by atomic mass is 10.0. The summed E-state index contributed by atoms with van der Waals surface area (Å²) in [7, 11) is 0. The van der Waals surface area contributed by atoms with Gasteiger partial charge in [0.15, 0.2) is 0 Å². The molecule has 0 saturated carbocycles. The molecule has 2 heteroatoms. The molecule has 1 rings (SSSR count). The largest absolute Gasteiger partial charge is 0.0928 e. The highest BCUT2D eigenvalue weighted by molar-refractivity contribution is 9.09. The Balaban J connectivity index is 2.71. The molecule has 1 aromatic carbocycles. The fourth-order valence-electron chi connectivity index (χ4n) is 1.33. The van der Waals surface area contributed by atoms with Crippen LogP contribution in [0.4, 0.5) is 0 Å². The van der Waals surface area contributed by atoms with Gasteiger partial charge >= 0.3 is 0 Å². The summed E-state index contributed by atoms with van der Waals surface area (Å²) >= 11 is 6.92. The summed E-state index contributed by atoms with van der Waals surface area (Å²) in [6, 6.07) is 6.74. The molecule has 0 unspecified atom stereocenters. The van der Waals surface area contributed by atoms with E-state index in [2.05, 4.69) is 57.0 Å². The summed E-state index contributed by atoms with van der Waals surface area (Å²) in [5, 5.41) is 2.05. The molecule has 0 amide bonds. The molecule has 0 saturated heterocycles. The number of alkyl halides is 2. The molecule has 0 atom stereocenters. The van der Waals surface area contributed by atoms with Crippen molar-refractivity contribution in [3.05, 3.63) is 34.9 Å². The van der Waals surface area contributed by atoms with Crippen LogP contribution in [0.3, 0.4) is 0 Å². The Hall–Kier alpha value is 0.180. The first-order chi connectivity index (χ1) is 6.27. The fourth-order valence-corrected chi connectivity index (χ4v) is 2.24. The van der Waals surface area contributed by atoms with Gasteiger partial charge in [0.05, 0.1) is 0 Å². The van der Waals surface area contributed by atoms with Gasteiger partial charge in [0.1, 0.15) is 0 Å². The quantitative estimate of drug-likeness (QED) is 0.731. The summed E-state index contributed by atoms with van der Waals surface area (Å²) in [6.07, 6.45) is 2.39. The van der Waals surface area contributed by atoms with E-state index in [-0.39, 0.29) is 0 Å². The maximum absolute atomic E-state index is 3.48. The Morgan fingerprint density at radius 1 is 1.23 bits per heavy atom. The summed E-state index contributed by atoms with van der Waals surface area (Å²) in [5.74, 6) is 0. The second-order valence-corrected chi connectivity index (χ2v) is 4.54. The Kier molecular flexibility index (Phi) is 5.04. The van der Waals surface area contributed by atoms with Crippen LogP contribution in [0.1, 0.15) is 23.1 Å². The average molecular weight is 306 g/mol. The topological polar surface area (TPSA) is 0 Å². The lowest BCUT2D eigenvalue weighted by Crippen LogP contribution is -1.90. The minimum Gasteiger partial charge on any atom is -0.0928 e. The van der Waals surface area contributed by atoms with Crippen LogP contribution in [0.15, 0.2) is 18.2 Å². The highest BCUT2D eigenvalue weighted by Gasteiger charge is 1.98. The fraction of sp³-hybridized carbons (Fsp3) is 0.455. The number of halogens is 2. The van der Waals surface area contributed by atoms with Gasteiger partial charge in [0, 0.05) is 10.7 Å². The Bertz CT molecular complexity index is 269. The van der Waals surface area contributed by atoms with Gasteiger partial charge in [0.2, 0.25) is 0 Å². The first-order valence-electron chi connectivity index (χ1n) is 4.48. The van der Waals surface area contributed by atoms with Crippen LogP contribution in [0, 0.1) is 6.92 Å². The zero-order chi connectivity index (χ0) is 9.68. The molecule has 0 N–H and O–H groups in total. The predicted molar refractivity (Wildman–Crippen MR) is 65.9 cm³/mol. The molecule has 0 heterocycles. The monoisotopic (exact) mass is 304 g/mol. The zero-order valence-corrected chi connectivity index (χ0v) is 11.0. The van der Waals surface area contributed by atoms with Crippen LogP contribution in [-0.4, -0.2) is 5.33 Å². The van der Waals surface area contributed by atoms with E-state index in [0.29, 0.717) is 0 Å². The molecule has 0 aliphatic heterocycles. The van der Waals surface area contributed by atoms with Crippen molar-refractivity contribution in [3.8, 4) is 0 Å². The van der Waals surface area contributed by atoms with Gasteiger partial charge in [-0.1, -0.05) is 50.1 Å². The van der Waals surface area contributed by atoms with Gasteiger partial charge in [-0.25, -0.2) is 0 Å². The van der Waals surface area contributed by atoms with Crippen molar-refractivity contribution in [3.63, 3.8) is 0 Å². The molecule has 0 bridgehead atoms. The Morgan fingerprint density at radius 2 is 2.00 bits per heavy atom. The van der Waals surface area contributed by atoms with Gasteiger partial charge in [-0.3, -0.25) is 0 Å². The summed E-state index contributed by atoms with van der Waals surface area (Å²) in [6.45, 7) is 2.17. The van der Waals surface area contributed by atoms with E-state index in [1.165, 1.54) is 29.5 Å². The first kappa shape index (κ1) is 11.3. The first-order valence-corrected chi connectivity index (χ1v) is 6.72. The van der Waals surface area contributed by atoms with E-state index < -0.39 is 0 Å². The minimum atomic E-state index is 0.956. The molecule has 0 nitrogen and oxygen atoms in total. The zero-order valence-electron chi connectivity index (χ0n) is 7.82. The van der Waals surface area contributed by atoms with Crippen LogP contribution in [-0.2, 0) is 11.8 Å². The second kappa shape index (κ2) is 5.82. The second-order valence-electron chi connectivity index (χ2n) is 3.19. The van der Waals surface area contributed by atoms with E-state index in [1.807, 2.05) is 0 Å². The number of rotatable bonds is 4. The molecule has 72 valence electrons. The van der Waals surface area contributed by atoms with Crippen molar-refractivity contribution in [1.29, 1.82) is 0 Å². The number of hydrogen-bond donors (Lipinski definition) is 0. The number of benzene rings is 1. The molecule has 0 radical (unpaired) electrons. The summed E-state index contributed by atoms with van der Waals surface area (Å²) in [4.78, 5) is 0. The van der Waals surface area contributed by atoms with Gasteiger partial charge in [-0.2, -0.15) is 0 Å². The highest BCUT2D eigenvalue weighted by Crippen LogP contribution is 2.15. The Labute approximate surface area is 97.0 Å². The summed E-state index contributed by atoms with van der Waals surface area (Å²) < 4.78 is 0. The molecule has 0 aliphatic rings. The van der Waals surface area contributed by atoms with Crippen LogP contribution in [0.2, 0.25) is 0 Å². The van der Waals surface area contributed by atoms with E-state index in [9.17, 15) is 0 Å². The van der Waals surface area contributed by atoms with Gasteiger partial charge in [-0.15, -0.1) is 0 Å². The minimum absolute atomic E-state index is 0.956. The van der Waals surface area contributed by atoms with Crippen LogP contribution in [0.25, 0.3) is 0 Å². The van der Waals surface area contributed by atoms with Gasteiger partial charge in [-0.05, 0) is 36.5 Å². The van der Waals surface area contributed by atoms with Gasteiger partial charge < -0.3 is 0 Å². The third kappa shape index (κ3) is 3.43. The maximum Gasteiger partial charge on any atom is 0.0285 e.